The molecule has 0 radical (unpaired) electrons. The predicted molar refractivity (Wildman–Crippen MR) is 101 cm³/mol. The number of aromatic nitrogens is 3. The van der Waals surface area contributed by atoms with E-state index in [1.165, 1.54) is 30.8 Å². The Hall–Kier alpha value is -3.75. The van der Waals surface area contributed by atoms with Gasteiger partial charge in [-0.05, 0) is 49.4 Å². The second kappa shape index (κ2) is 7.87. The number of halogens is 1. The smallest absolute Gasteiger partial charge is 0.278 e. The van der Waals surface area contributed by atoms with E-state index in [1.54, 1.807) is 37.3 Å². The highest BCUT2D eigenvalue weighted by molar-refractivity contribution is 6.04. The van der Waals surface area contributed by atoms with Crippen molar-refractivity contribution in [2.24, 2.45) is 0 Å². The third-order valence-corrected chi connectivity index (χ3v) is 3.95. The minimum atomic E-state index is -0.468. The summed E-state index contributed by atoms with van der Waals surface area (Å²) in [6.07, 6.45) is 0. The molecule has 0 aliphatic carbocycles. The van der Waals surface area contributed by atoms with Gasteiger partial charge in [-0.3, -0.25) is 9.59 Å². The Morgan fingerprint density at radius 3 is 2.46 bits per heavy atom. The fourth-order valence-electron chi connectivity index (χ4n) is 2.63. The van der Waals surface area contributed by atoms with E-state index >= 15 is 0 Å². The second-order valence-corrected chi connectivity index (χ2v) is 5.96. The van der Waals surface area contributed by atoms with Crippen LogP contribution in [0.25, 0.3) is 5.69 Å². The number of benzene rings is 2. The summed E-state index contributed by atoms with van der Waals surface area (Å²) in [5.41, 5.74) is 2.09. The molecule has 9 heteroatoms. The van der Waals surface area contributed by atoms with Crippen LogP contribution in [-0.4, -0.2) is 33.9 Å². The van der Waals surface area contributed by atoms with Crippen molar-refractivity contribution >= 4 is 23.2 Å². The van der Waals surface area contributed by atoms with Gasteiger partial charge < -0.3 is 15.4 Å². The Balaban J connectivity index is 1.84. The number of carbonyl (C=O) groups is 2. The van der Waals surface area contributed by atoms with Crippen LogP contribution in [0.4, 0.5) is 15.8 Å². The molecule has 0 aliphatic heterocycles. The number of hydrogen-bond donors (Lipinski definition) is 2. The molecule has 144 valence electrons. The standard InChI is InChI=1S/C19H18FN5O3/c1-11-18(23-24-25(11)15-7-4-13(20)5-8-15)19(27)22-14-6-9-17(28-3)16(10-14)21-12(2)26/h4-10H,1-3H3,(H,21,26)(H,22,27). The number of carbonyl (C=O) groups excluding carboxylic acids is 2. The summed E-state index contributed by atoms with van der Waals surface area (Å²) >= 11 is 0. The van der Waals surface area contributed by atoms with Gasteiger partial charge in [-0.15, -0.1) is 5.10 Å². The minimum absolute atomic E-state index is 0.126. The Morgan fingerprint density at radius 2 is 1.82 bits per heavy atom. The zero-order chi connectivity index (χ0) is 20.3. The van der Waals surface area contributed by atoms with Crippen LogP contribution in [0.1, 0.15) is 23.1 Å². The quantitative estimate of drug-likeness (QED) is 0.706. The zero-order valence-electron chi connectivity index (χ0n) is 15.5. The Kier molecular flexibility index (Phi) is 5.35. The van der Waals surface area contributed by atoms with E-state index in [1.807, 2.05) is 0 Å². The molecule has 0 atom stereocenters. The average molecular weight is 383 g/mol. The molecule has 3 rings (SSSR count). The van der Waals surface area contributed by atoms with Crippen LogP contribution in [-0.2, 0) is 4.79 Å². The SMILES string of the molecule is COc1ccc(NC(=O)c2nnn(-c3ccc(F)cc3)c2C)cc1NC(C)=O. The Morgan fingerprint density at radius 1 is 1.11 bits per heavy atom. The number of nitrogens with one attached hydrogen (secondary N) is 2. The lowest BCUT2D eigenvalue weighted by Crippen LogP contribution is -2.15. The minimum Gasteiger partial charge on any atom is -0.495 e. The summed E-state index contributed by atoms with van der Waals surface area (Å²) in [5.74, 6) is -0.634. The molecule has 0 saturated carbocycles. The van der Waals surface area contributed by atoms with Crippen molar-refractivity contribution in [1.29, 1.82) is 0 Å². The highest BCUT2D eigenvalue weighted by atomic mass is 19.1. The van der Waals surface area contributed by atoms with Crippen molar-refractivity contribution in [3.63, 3.8) is 0 Å². The number of amides is 2. The van der Waals surface area contributed by atoms with Gasteiger partial charge >= 0.3 is 0 Å². The first-order chi connectivity index (χ1) is 13.4. The Bertz CT molecular complexity index is 1030. The summed E-state index contributed by atoms with van der Waals surface area (Å²) < 4.78 is 19.7. The van der Waals surface area contributed by atoms with Gasteiger partial charge in [-0.25, -0.2) is 9.07 Å². The molecular formula is C19H18FN5O3. The highest BCUT2D eigenvalue weighted by Crippen LogP contribution is 2.28. The molecule has 2 amide bonds. The van der Waals surface area contributed by atoms with E-state index in [9.17, 15) is 14.0 Å². The maximum atomic E-state index is 13.1. The van der Waals surface area contributed by atoms with E-state index in [0.717, 1.165) is 0 Å². The summed E-state index contributed by atoms with van der Waals surface area (Å²) in [6.45, 7) is 3.07. The number of ether oxygens (including phenoxy) is 1. The maximum absolute atomic E-state index is 13.1. The van der Waals surface area contributed by atoms with Crippen LogP contribution in [0.15, 0.2) is 42.5 Å². The van der Waals surface area contributed by atoms with Crippen LogP contribution in [0.3, 0.4) is 0 Å². The summed E-state index contributed by atoms with van der Waals surface area (Å²) in [7, 11) is 1.48. The fourth-order valence-corrected chi connectivity index (χ4v) is 2.63. The van der Waals surface area contributed by atoms with Gasteiger partial charge in [0.25, 0.3) is 5.91 Å². The van der Waals surface area contributed by atoms with Gasteiger partial charge in [0, 0.05) is 12.6 Å². The zero-order valence-corrected chi connectivity index (χ0v) is 15.5. The van der Waals surface area contributed by atoms with E-state index in [-0.39, 0.29) is 17.4 Å². The van der Waals surface area contributed by atoms with Crippen molar-refractivity contribution in [3.8, 4) is 11.4 Å². The van der Waals surface area contributed by atoms with Gasteiger partial charge in [-0.2, -0.15) is 0 Å². The topological polar surface area (TPSA) is 98.1 Å². The number of anilines is 2. The fraction of sp³-hybridized carbons (Fsp3) is 0.158. The van der Waals surface area contributed by atoms with Crippen LogP contribution < -0.4 is 15.4 Å². The van der Waals surface area contributed by atoms with Crippen molar-refractivity contribution in [3.05, 3.63) is 59.7 Å². The van der Waals surface area contributed by atoms with Crippen molar-refractivity contribution in [2.45, 2.75) is 13.8 Å². The van der Waals surface area contributed by atoms with Crippen LogP contribution in [0.5, 0.6) is 5.75 Å². The van der Waals surface area contributed by atoms with Gasteiger partial charge in [-0.1, -0.05) is 5.21 Å². The van der Waals surface area contributed by atoms with Gasteiger partial charge in [0.1, 0.15) is 11.6 Å². The molecule has 0 fully saturated rings. The molecule has 0 spiro atoms. The summed E-state index contributed by atoms with van der Waals surface area (Å²) in [4.78, 5) is 24.0. The Labute approximate surface area is 160 Å². The third kappa shape index (κ3) is 3.98. The van der Waals surface area contributed by atoms with E-state index < -0.39 is 5.91 Å². The molecule has 0 saturated heterocycles. The second-order valence-electron chi connectivity index (χ2n) is 5.96. The summed E-state index contributed by atoms with van der Waals surface area (Å²) in [6, 6.07) is 10.5. The molecule has 0 unspecified atom stereocenters. The molecule has 1 aromatic heterocycles. The van der Waals surface area contributed by atoms with Crippen molar-refractivity contribution < 1.29 is 18.7 Å². The molecular weight excluding hydrogens is 365 g/mol. The number of methoxy groups -OCH3 is 1. The number of hydrogen-bond acceptors (Lipinski definition) is 5. The third-order valence-electron chi connectivity index (χ3n) is 3.95. The molecule has 0 bridgehead atoms. The van der Waals surface area contributed by atoms with E-state index in [2.05, 4.69) is 20.9 Å². The highest BCUT2D eigenvalue weighted by Gasteiger charge is 2.18. The first-order valence-corrected chi connectivity index (χ1v) is 8.34. The molecule has 1 heterocycles. The van der Waals surface area contributed by atoms with Crippen LogP contribution >= 0.6 is 0 Å². The van der Waals surface area contributed by atoms with E-state index in [0.29, 0.717) is 28.5 Å². The largest absolute Gasteiger partial charge is 0.495 e. The molecule has 0 aliphatic rings. The summed E-state index contributed by atoms with van der Waals surface area (Å²) in [5, 5.41) is 13.3. The first-order valence-electron chi connectivity index (χ1n) is 8.34. The lowest BCUT2D eigenvalue weighted by molar-refractivity contribution is -0.114. The molecule has 8 nitrogen and oxygen atoms in total. The number of nitrogens with zero attached hydrogens (tertiary/aromatic N) is 3. The maximum Gasteiger partial charge on any atom is 0.278 e. The monoisotopic (exact) mass is 383 g/mol. The molecule has 28 heavy (non-hydrogen) atoms. The van der Waals surface area contributed by atoms with Gasteiger partial charge in [0.15, 0.2) is 5.69 Å². The van der Waals surface area contributed by atoms with Gasteiger partial charge in [0.2, 0.25) is 5.91 Å². The van der Waals surface area contributed by atoms with Crippen LogP contribution in [0, 0.1) is 12.7 Å². The average Bonchev–Trinajstić information content (AvgIpc) is 3.04. The van der Waals surface area contributed by atoms with Gasteiger partial charge in [0.05, 0.1) is 24.2 Å². The normalized spacial score (nSPS) is 10.4. The molecule has 2 N–H and O–H groups in total. The van der Waals surface area contributed by atoms with Crippen molar-refractivity contribution in [1.82, 2.24) is 15.0 Å². The lowest BCUT2D eigenvalue weighted by Gasteiger charge is -2.11. The first kappa shape index (κ1) is 19.0. The van der Waals surface area contributed by atoms with Crippen LogP contribution in [0.2, 0.25) is 0 Å². The number of rotatable bonds is 5. The molecule has 3 aromatic rings. The van der Waals surface area contributed by atoms with Crippen molar-refractivity contribution in [2.75, 3.05) is 17.7 Å². The van der Waals surface area contributed by atoms with E-state index in [4.69, 9.17) is 4.74 Å². The molecule has 2 aromatic carbocycles. The lowest BCUT2D eigenvalue weighted by atomic mass is 10.2. The predicted octanol–water partition coefficient (Wildman–Crippen LogP) is 2.93.